The molecule has 0 aliphatic carbocycles. The van der Waals surface area contributed by atoms with Crippen molar-refractivity contribution >= 4 is 11.7 Å². The minimum atomic E-state index is -0.281. The van der Waals surface area contributed by atoms with Crippen molar-refractivity contribution in [1.82, 2.24) is 25.1 Å². The zero-order chi connectivity index (χ0) is 13.1. The first kappa shape index (κ1) is 12.0. The maximum Gasteiger partial charge on any atom is 0.255 e. The van der Waals surface area contributed by atoms with Gasteiger partial charge in [0.2, 0.25) is 0 Å². The van der Waals surface area contributed by atoms with E-state index in [1.807, 2.05) is 14.0 Å². The lowest BCUT2D eigenvalue weighted by molar-refractivity contribution is 0.0938. The highest BCUT2D eigenvalue weighted by Crippen LogP contribution is 2.11. The Labute approximate surface area is 104 Å². The number of carbonyl (C=O) groups is 1. The highest BCUT2D eigenvalue weighted by molar-refractivity contribution is 5.98. The smallest absolute Gasteiger partial charge is 0.255 e. The molecule has 18 heavy (non-hydrogen) atoms. The lowest BCUT2D eigenvalue weighted by atomic mass is 10.2. The van der Waals surface area contributed by atoms with Crippen LogP contribution in [0.4, 0.5) is 5.82 Å². The van der Waals surface area contributed by atoms with Gasteiger partial charge in [-0.05, 0) is 19.1 Å². The Kier molecular flexibility index (Phi) is 3.22. The van der Waals surface area contributed by atoms with E-state index in [0.29, 0.717) is 11.4 Å². The summed E-state index contributed by atoms with van der Waals surface area (Å²) in [5.74, 6) is 0.599. The molecule has 1 atom stereocenters. The molecule has 2 heterocycles. The molecule has 1 amide bonds. The highest BCUT2D eigenvalue weighted by atomic mass is 16.1. The number of pyridine rings is 1. The van der Waals surface area contributed by atoms with E-state index < -0.39 is 0 Å². The summed E-state index contributed by atoms with van der Waals surface area (Å²) in [7, 11) is 1.82. The lowest BCUT2D eigenvalue weighted by Gasteiger charge is -2.13. The summed E-state index contributed by atoms with van der Waals surface area (Å²) in [6.45, 7) is 1.83. The Bertz CT molecular complexity index is 564. The first-order valence-corrected chi connectivity index (χ1v) is 5.45. The fourth-order valence-corrected chi connectivity index (χ4v) is 1.63. The number of nitrogens with zero attached hydrogens (tertiary/aromatic N) is 4. The summed E-state index contributed by atoms with van der Waals surface area (Å²) < 4.78 is 1.75. The van der Waals surface area contributed by atoms with E-state index in [9.17, 15) is 4.79 Å². The van der Waals surface area contributed by atoms with Crippen LogP contribution in [-0.4, -0.2) is 25.7 Å². The molecule has 0 radical (unpaired) electrons. The minimum Gasteiger partial charge on any atom is -0.383 e. The summed E-state index contributed by atoms with van der Waals surface area (Å²) in [5.41, 5.74) is 5.99. The van der Waals surface area contributed by atoms with Gasteiger partial charge < -0.3 is 15.6 Å². The van der Waals surface area contributed by atoms with Crippen molar-refractivity contribution in [3.8, 4) is 0 Å². The first-order valence-electron chi connectivity index (χ1n) is 5.45. The van der Waals surface area contributed by atoms with Gasteiger partial charge in [-0.15, -0.1) is 10.2 Å². The predicted octanol–water partition coefficient (Wildman–Crippen LogP) is 0.283. The number of hydrogen-bond donors (Lipinski definition) is 2. The van der Waals surface area contributed by atoms with Crippen LogP contribution in [0.2, 0.25) is 0 Å². The average molecular weight is 246 g/mol. The number of aryl methyl sites for hydroxylation is 1. The van der Waals surface area contributed by atoms with Crippen LogP contribution in [0.3, 0.4) is 0 Å². The fraction of sp³-hybridized carbons (Fsp3) is 0.273. The molecule has 0 fully saturated rings. The molecular weight excluding hydrogens is 232 g/mol. The molecular formula is C11H14N6O. The number of amides is 1. The Hall–Kier alpha value is -2.44. The molecule has 0 spiro atoms. The van der Waals surface area contributed by atoms with E-state index in [-0.39, 0.29) is 17.8 Å². The second-order valence-electron chi connectivity index (χ2n) is 3.93. The maximum absolute atomic E-state index is 12.0. The van der Waals surface area contributed by atoms with Gasteiger partial charge in [0, 0.05) is 13.2 Å². The van der Waals surface area contributed by atoms with Gasteiger partial charge in [0.05, 0.1) is 11.6 Å². The molecule has 2 aromatic rings. The Morgan fingerprint density at radius 3 is 2.94 bits per heavy atom. The number of nitrogen functional groups attached to an aromatic ring is 1. The second kappa shape index (κ2) is 4.82. The normalized spacial score (nSPS) is 12.1. The number of anilines is 1. The number of nitrogens with one attached hydrogen (secondary N) is 1. The van der Waals surface area contributed by atoms with Crippen molar-refractivity contribution in [2.75, 3.05) is 5.73 Å². The number of hydrogen-bond acceptors (Lipinski definition) is 5. The van der Waals surface area contributed by atoms with Crippen LogP contribution in [0.15, 0.2) is 24.7 Å². The molecule has 94 valence electrons. The van der Waals surface area contributed by atoms with Gasteiger partial charge in [-0.1, -0.05) is 0 Å². The minimum absolute atomic E-state index is 0.208. The Balaban J connectivity index is 2.13. The number of nitrogens with two attached hydrogens (primary N) is 1. The first-order chi connectivity index (χ1) is 8.59. The van der Waals surface area contributed by atoms with Crippen molar-refractivity contribution in [2.45, 2.75) is 13.0 Å². The van der Waals surface area contributed by atoms with E-state index in [4.69, 9.17) is 5.73 Å². The molecule has 0 bridgehead atoms. The molecule has 0 aliphatic heterocycles. The zero-order valence-electron chi connectivity index (χ0n) is 10.2. The summed E-state index contributed by atoms with van der Waals surface area (Å²) in [6.07, 6.45) is 3.12. The van der Waals surface area contributed by atoms with Crippen LogP contribution < -0.4 is 11.1 Å². The van der Waals surface area contributed by atoms with E-state index >= 15 is 0 Å². The average Bonchev–Trinajstić information content (AvgIpc) is 2.76. The summed E-state index contributed by atoms with van der Waals surface area (Å²) in [5, 5.41) is 10.5. The number of aromatic nitrogens is 4. The van der Waals surface area contributed by atoms with Gasteiger partial charge in [0.1, 0.15) is 12.1 Å². The van der Waals surface area contributed by atoms with Crippen LogP contribution in [0.5, 0.6) is 0 Å². The lowest BCUT2D eigenvalue weighted by Crippen LogP contribution is -2.29. The summed E-state index contributed by atoms with van der Waals surface area (Å²) in [6, 6.07) is 3.03. The van der Waals surface area contributed by atoms with Crippen LogP contribution in [0.25, 0.3) is 0 Å². The molecule has 2 aromatic heterocycles. The Morgan fingerprint density at radius 2 is 2.33 bits per heavy atom. The standard InChI is InChI=1S/C11H14N6O/c1-7(10-16-14-6-17(10)2)15-11(18)8-4-3-5-13-9(8)12/h3-7H,1-2H3,(H2,12,13)(H,15,18). The van der Waals surface area contributed by atoms with Gasteiger partial charge in [-0.2, -0.15) is 0 Å². The van der Waals surface area contributed by atoms with E-state index in [2.05, 4.69) is 20.5 Å². The summed E-state index contributed by atoms with van der Waals surface area (Å²) >= 11 is 0. The van der Waals surface area contributed by atoms with Crippen LogP contribution in [0, 0.1) is 0 Å². The molecule has 1 unspecified atom stereocenters. The third-order valence-corrected chi connectivity index (χ3v) is 2.56. The van der Waals surface area contributed by atoms with Crippen LogP contribution >= 0.6 is 0 Å². The van der Waals surface area contributed by atoms with Crippen molar-refractivity contribution in [2.24, 2.45) is 7.05 Å². The van der Waals surface area contributed by atoms with Gasteiger partial charge in [-0.25, -0.2) is 4.98 Å². The molecule has 7 heteroatoms. The predicted molar refractivity (Wildman–Crippen MR) is 65.5 cm³/mol. The SMILES string of the molecule is CC(NC(=O)c1cccnc1N)c1nncn1C. The zero-order valence-corrected chi connectivity index (χ0v) is 10.2. The molecule has 0 aromatic carbocycles. The quantitative estimate of drug-likeness (QED) is 0.810. The molecule has 0 saturated carbocycles. The van der Waals surface area contributed by atoms with Crippen molar-refractivity contribution in [3.05, 3.63) is 36.0 Å². The van der Waals surface area contributed by atoms with Gasteiger partial charge >= 0.3 is 0 Å². The fourth-order valence-electron chi connectivity index (χ4n) is 1.63. The van der Waals surface area contributed by atoms with Crippen molar-refractivity contribution in [1.29, 1.82) is 0 Å². The van der Waals surface area contributed by atoms with Gasteiger partial charge in [0.15, 0.2) is 5.82 Å². The number of carbonyl (C=O) groups excluding carboxylic acids is 1. The molecule has 7 nitrogen and oxygen atoms in total. The third-order valence-electron chi connectivity index (χ3n) is 2.56. The molecule has 0 saturated heterocycles. The highest BCUT2D eigenvalue weighted by Gasteiger charge is 2.17. The van der Waals surface area contributed by atoms with Crippen LogP contribution in [0.1, 0.15) is 29.1 Å². The second-order valence-corrected chi connectivity index (χ2v) is 3.93. The number of rotatable bonds is 3. The van der Waals surface area contributed by atoms with Gasteiger partial charge in [0.25, 0.3) is 5.91 Å². The van der Waals surface area contributed by atoms with Crippen molar-refractivity contribution in [3.63, 3.8) is 0 Å². The monoisotopic (exact) mass is 246 g/mol. The maximum atomic E-state index is 12.0. The largest absolute Gasteiger partial charge is 0.383 e. The van der Waals surface area contributed by atoms with E-state index in [1.165, 1.54) is 6.20 Å². The third kappa shape index (κ3) is 2.29. The summed E-state index contributed by atoms with van der Waals surface area (Å²) in [4.78, 5) is 15.9. The van der Waals surface area contributed by atoms with Gasteiger partial charge in [-0.3, -0.25) is 4.79 Å². The van der Waals surface area contributed by atoms with E-state index in [0.717, 1.165) is 0 Å². The topological polar surface area (TPSA) is 98.7 Å². The molecule has 3 N–H and O–H groups in total. The van der Waals surface area contributed by atoms with Crippen molar-refractivity contribution < 1.29 is 4.79 Å². The molecule has 2 rings (SSSR count). The molecule has 0 aliphatic rings. The van der Waals surface area contributed by atoms with Crippen LogP contribution in [-0.2, 0) is 7.05 Å². The Morgan fingerprint density at radius 1 is 1.56 bits per heavy atom. The van der Waals surface area contributed by atoms with E-state index in [1.54, 1.807) is 23.0 Å².